The molecule has 0 heterocycles. The van der Waals surface area contributed by atoms with E-state index in [4.69, 9.17) is 13.9 Å². The van der Waals surface area contributed by atoms with Crippen molar-refractivity contribution in [3.8, 4) is 17.6 Å². The quantitative estimate of drug-likeness (QED) is 0.271. The van der Waals surface area contributed by atoms with E-state index >= 15 is 0 Å². The first kappa shape index (κ1) is 23.8. The van der Waals surface area contributed by atoms with Crippen LogP contribution in [0.2, 0.25) is 16.6 Å². The molecule has 0 saturated heterocycles. The van der Waals surface area contributed by atoms with Crippen LogP contribution in [0.15, 0.2) is 24.3 Å². The van der Waals surface area contributed by atoms with Crippen molar-refractivity contribution in [2.75, 3.05) is 13.7 Å². The maximum atomic E-state index is 6.63. The molecule has 152 valence electrons. The van der Waals surface area contributed by atoms with Crippen LogP contribution in [0.25, 0.3) is 0 Å². The molecule has 0 amide bonds. The van der Waals surface area contributed by atoms with E-state index in [0.717, 1.165) is 17.7 Å². The summed E-state index contributed by atoms with van der Waals surface area (Å²) in [5, 5.41) is 0. The van der Waals surface area contributed by atoms with Gasteiger partial charge >= 0.3 is 0 Å². The Morgan fingerprint density at radius 3 is 1.93 bits per heavy atom. The zero-order valence-corrected chi connectivity index (χ0v) is 19.5. The molecule has 0 spiro atoms. The maximum Gasteiger partial charge on any atom is 0.202 e. The molecule has 0 radical (unpaired) electrons. The third kappa shape index (κ3) is 6.99. The average Bonchev–Trinajstić information content (AvgIpc) is 2.62. The van der Waals surface area contributed by atoms with E-state index in [9.17, 15) is 0 Å². The number of benzene rings is 1. The Morgan fingerprint density at radius 1 is 0.889 bits per heavy atom. The summed E-state index contributed by atoms with van der Waals surface area (Å²) in [7, 11) is -0.190. The van der Waals surface area contributed by atoms with Crippen molar-refractivity contribution >= 4 is 8.32 Å². The smallest absolute Gasteiger partial charge is 0.202 e. The van der Waals surface area contributed by atoms with Crippen molar-refractivity contribution in [1.29, 1.82) is 0 Å². The van der Waals surface area contributed by atoms with Crippen molar-refractivity contribution in [2.24, 2.45) is 0 Å². The fraction of sp³-hybridized carbons (Fsp3) is 0.652. The highest BCUT2D eigenvalue weighted by Gasteiger charge is 2.45. The third-order valence-corrected chi connectivity index (χ3v) is 11.4. The number of hydrogen-bond donors (Lipinski definition) is 0. The van der Waals surface area contributed by atoms with Gasteiger partial charge in [0.1, 0.15) is 11.9 Å². The van der Waals surface area contributed by atoms with Crippen LogP contribution >= 0.6 is 0 Å². The van der Waals surface area contributed by atoms with Crippen LogP contribution in [-0.4, -0.2) is 28.1 Å². The van der Waals surface area contributed by atoms with Gasteiger partial charge in [-0.3, -0.25) is 0 Å². The molecule has 0 aliphatic carbocycles. The standard InChI is InChI=1S/C23H38O3Si/c1-18(2)27(19(3)4,20(5)6)26-21(7)11-9-10-16-25-17-22-12-14-23(24-8)15-13-22/h12-15,18-21H,10,16-17H2,1-8H3/t21-/m0/s1. The van der Waals surface area contributed by atoms with Gasteiger partial charge in [0.2, 0.25) is 8.32 Å². The average molecular weight is 391 g/mol. The van der Waals surface area contributed by atoms with Gasteiger partial charge in [-0.1, -0.05) is 65.5 Å². The predicted molar refractivity (Wildman–Crippen MR) is 117 cm³/mol. The second-order valence-corrected chi connectivity index (χ2v) is 13.5. The molecule has 0 N–H and O–H groups in total. The molecule has 0 saturated carbocycles. The van der Waals surface area contributed by atoms with Crippen LogP contribution in [0.5, 0.6) is 5.75 Å². The van der Waals surface area contributed by atoms with E-state index in [-0.39, 0.29) is 6.10 Å². The Hall–Kier alpha value is -1.28. The molecule has 0 unspecified atom stereocenters. The van der Waals surface area contributed by atoms with E-state index in [1.54, 1.807) is 7.11 Å². The molecule has 0 bridgehead atoms. The molecule has 0 aromatic heterocycles. The fourth-order valence-electron chi connectivity index (χ4n) is 3.99. The van der Waals surface area contributed by atoms with Crippen LogP contribution < -0.4 is 4.74 Å². The van der Waals surface area contributed by atoms with Gasteiger partial charge < -0.3 is 13.9 Å². The lowest BCUT2D eigenvalue weighted by atomic mass is 10.2. The summed E-state index contributed by atoms with van der Waals surface area (Å²) in [6.07, 6.45) is 0.703. The highest BCUT2D eigenvalue weighted by molar-refractivity contribution is 6.77. The summed E-state index contributed by atoms with van der Waals surface area (Å²) in [4.78, 5) is 0. The molecule has 3 nitrogen and oxygen atoms in total. The summed E-state index contributed by atoms with van der Waals surface area (Å²) in [6, 6.07) is 7.94. The molecular weight excluding hydrogens is 352 g/mol. The number of rotatable bonds is 10. The molecule has 1 aromatic carbocycles. The molecule has 0 aliphatic rings. The molecule has 4 heteroatoms. The Bertz CT molecular complexity index is 575. The Labute approximate surface area is 167 Å². The van der Waals surface area contributed by atoms with Crippen molar-refractivity contribution in [2.45, 2.75) is 84.2 Å². The Balaban J connectivity index is 2.46. The van der Waals surface area contributed by atoms with Gasteiger partial charge in [-0.05, 0) is 41.2 Å². The lowest BCUT2D eigenvalue weighted by Gasteiger charge is -2.43. The monoisotopic (exact) mass is 390 g/mol. The van der Waals surface area contributed by atoms with E-state index < -0.39 is 8.32 Å². The van der Waals surface area contributed by atoms with Gasteiger partial charge in [-0.25, -0.2) is 0 Å². The predicted octanol–water partition coefficient (Wildman–Crippen LogP) is 6.19. The van der Waals surface area contributed by atoms with Crippen molar-refractivity contribution in [1.82, 2.24) is 0 Å². The minimum Gasteiger partial charge on any atom is -0.497 e. The highest BCUT2D eigenvalue weighted by atomic mass is 28.4. The fourth-order valence-corrected chi connectivity index (χ4v) is 9.48. The number of methoxy groups -OCH3 is 1. The third-order valence-electron chi connectivity index (χ3n) is 5.19. The first-order valence-electron chi connectivity index (χ1n) is 10.1. The van der Waals surface area contributed by atoms with Gasteiger partial charge in [0.25, 0.3) is 0 Å². The summed E-state index contributed by atoms with van der Waals surface area (Å²) < 4.78 is 17.5. The zero-order valence-electron chi connectivity index (χ0n) is 18.5. The molecule has 0 aliphatic heterocycles. The molecule has 1 atom stereocenters. The van der Waals surface area contributed by atoms with Crippen LogP contribution in [0.4, 0.5) is 0 Å². The van der Waals surface area contributed by atoms with Gasteiger partial charge in [0, 0.05) is 6.42 Å². The van der Waals surface area contributed by atoms with Crippen LogP contribution in [-0.2, 0) is 15.8 Å². The topological polar surface area (TPSA) is 27.7 Å². The Morgan fingerprint density at radius 2 is 1.44 bits per heavy atom. The van der Waals surface area contributed by atoms with Gasteiger partial charge in [0.15, 0.2) is 0 Å². The minimum atomic E-state index is -1.86. The maximum absolute atomic E-state index is 6.63. The van der Waals surface area contributed by atoms with Crippen LogP contribution in [0.3, 0.4) is 0 Å². The summed E-state index contributed by atoms with van der Waals surface area (Å²) >= 11 is 0. The van der Waals surface area contributed by atoms with Gasteiger partial charge in [0.05, 0.1) is 20.3 Å². The van der Waals surface area contributed by atoms with Crippen LogP contribution in [0.1, 0.15) is 60.5 Å². The van der Waals surface area contributed by atoms with E-state index in [0.29, 0.717) is 29.8 Å². The second kappa shape index (κ2) is 11.5. The second-order valence-electron chi connectivity index (χ2n) is 8.05. The van der Waals surface area contributed by atoms with E-state index in [1.807, 2.05) is 24.3 Å². The molecule has 1 aromatic rings. The van der Waals surface area contributed by atoms with Gasteiger partial charge in [-0.15, -0.1) is 0 Å². The summed E-state index contributed by atoms with van der Waals surface area (Å²) in [5.41, 5.74) is 2.88. The summed E-state index contributed by atoms with van der Waals surface area (Å²) in [6.45, 7) is 17.1. The zero-order chi connectivity index (χ0) is 20.4. The molecule has 27 heavy (non-hydrogen) atoms. The van der Waals surface area contributed by atoms with Crippen molar-refractivity contribution in [3.63, 3.8) is 0 Å². The largest absolute Gasteiger partial charge is 0.497 e. The first-order valence-corrected chi connectivity index (χ1v) is 12.2. The normalized spacial score (nSPS) is 13.0. The van der Waals surface area contributed by atoms with E-state index in [1.165, 1.54) is 0 Å². The van der Waals surface area contributed by atoms with Crippen LogP contribution in [0, 0.1) is 11.8 Å². The van der Waals surface area contributed by atoms with Gasteiger partial charge in [-0.2, -0.15) is 0 Å². The molecule has 0 fully saturated rings. The molecule has 1 rings (SSSR count). The lowest BCUT2D eigenvalue weighted by molar-refractivity contribution is 0.126. The SMILES string of the molecule is COc1ccc(COCCC#C[C@H](C)O[Si](C(C)C)(C(C)C)C(C)C)cc1. The minimum absolute atomic E-state index is 0.0227. The Kier molecular flexibility index (Phi) is 10.1. The molecular formula is C23H38O3Si. The highest BCUT2D eigenvalue weighted by Crippen LogP contribution is 2.42. The first-order chi connectivity index (χ1) is 12.7. The number of hydrogen-bond acceptors (Lipinski definition) is 3. The number of ether oxygens (including phenoxy) is 2. The van der Waals surface area contributed by atoms with Crippen molar-refractivity contribution in [3.05, 3.63) is 29.8 Å². The van der Waals surface area contributed by atoms with Crippen molar-refractivity contribution < 1.29 is 13.9 Å². The lowest BCUT2D eigenvalue weighted by Crippen LogP contribution is -2.49. The van der Waals surface area contributed by atoms with E-state index in [2.05, 4.69) is 60.3 Å². The summed E-state index contributed by atoms with van der Waals surface area (Å²) in [5.74, 6) is 7.38.